The summed E-state index contributed by atoms with van der Waals surface area (Å²) in [6.45, 7) is 12.6. The lowest BCUT2D eigenvalue weighted by Gasteiger charge is -2.44. The third-order valence-corrected chi connectivity index (χ3v) is 20.2. The second-order valence-corrected chi connectivity index (χ2v) is 25.0. The van der Waals surface area contributed by atoms with Crippen LogP contribution in [0.25, 0.3) is 0 Å². The molecule has 8 aliphatic rings. The van der Waals surface area contributed by atoms with Crippen LogP contribution in [0.4, 0.5) is 16.0 Å². The fourth-order valence-corrected chi connectivity index (χ4v) is 15.6. The summed E-state index contributed by atoms with van der Waals surface area (Å²) >= 11 is 0. The molecule has 12 rings (SSSR count). The highest BCUT2D eigenvalue weighted by atomic mass is 19.1. The van der Waals surface area contributed by atoms with Gasteiger partial charge in [-0.05, 0) is 168 Å². The first-order chi connectivity index (χ1) is 39.3. The van der Waals surface area contributed by atoms with Crippen molar-refractivity contribution in [2.75, 3.05) is 89.5 Å². The summed E-state index contributed by atoms with van der Waals surface area (Å²) in [5.41, 5.74) is 11.8. The van der Waals surface area contributed by atoms with Crippen LogP contribution in [0.3, 0.4) is 0 Å². The van der Waals surface area contributed by atoms with Gasteiger partial charge in [-0.15, -0.1) is 0 Å². The molecule has 2 spiro atoms. The number of halogens is 1. The molecule has 4 aliphatic carbocycles. The SMILES string of the molecule is C=CC(=O)N1CCN(c2nc(OC[C@@H]3CCCN3C)nc3c2CC[C@@]2(CCc4c(cccc4C4C[C@@H](COc5nc6c(c(N7CCN(C(=O)C(=C)F)[C@@H](CC#N)C7)n5)CC[C@@]5(CCc7ccccc7C5)C6)N(C)C4)C2)C3)C[C@@H]1CC#N. The van der Waals surface area contributed by atoms with Crippen LogP contribution in [0, 0.1) is 33.5 Å². The predicted molar refractivity (Wildman–Crippen MR) is 307 cm³/mol. The van der Waals surface area contributed by atoms with Gasteiger partial charge in [0.25, 0.3) is 5.91 Å². The van der Waals surface area contributed by atoms with Crippen LogP contribution in [0.2, 0.25) is 0 Å². The Labute approximate surface area is 476 Å². The highest BCUT2D eigenvalue weighted by Gasteiger charge is 2.45. The fraction of sp³-hybridized carbons (Fsp3) is 0.562. The predicted octanol–water partition coefficient (Wildman–Crippen LogP) is 7.47. The number of anilines is 2. The molecule has 16 nitrogen and oxygen atoms in total. The number of benzene rings is 2. The number of aromatic nitrogens is 4. The number of hydrogen-bond donors (Lipinski definition) is 0. The molecule has 17 heteroatoms. The van der Waals surface area contributed by atoms with Crippen LogP contribution in [0.15, 0.2) is 67.5 Å². The molecule has 2 aromatic heterocycles. The first-order valence-corrected chi connectivity index (χ1v) is 29.8. The van der Waals surface area contributed by atoms with Crippen LogP contribution >= 0.6 is 0 Å². The maximum Gasteiger partial charge on any atom is 0.318 e. The Kier molecular flexibility index (Phi) is 15.4. The number of ether oxygens (including phenoxy) is 2. The van der Waals surface area contributed by atoms with Crippen molar-refractivity contribution in [2.24, 2.45) is 10.8 Å². The minimum atomic E-state index is -1.01. The number of rotatable bonds is 13. The molecule has 2 aromatic carbocycles. The zero-order chi connectivity index (χ0) is 56.0. The lowest BCUT2D eigenvalue weighted by atomic mass is 9.62. The van der Waals surface area contributed by atoms with E-state index >= 15 is 0 Å². The van der Waals surface area contributed by atoms with E-state index in [1.54, 1.807) is 4.90 Å². The molecule has 0 saturated carbocycles. The lowest BCUT2D eigenvalue weighted by molar-refractivity contribution is -0.131. The number of hydrogen-bond acceptors (Lipinski definition) is 14. The molecule has 4 aromatic rings. The molecule has 4 fully saturated rings. The van der Waals surface area contributed by atoms with E-state index in [1.807, 2.05) is 0 Å². The average molecular weight is 1100 g/mol. The first-order valence-electron chi connectivity index (χ1n) is 29.8. The normalized spacial score (nSPS) is 27.2. The third kappa shape index (κ3) is 10.9. The Morgan fingerprint density at radius 2 is 1.23 bits per heavy atom. The average Bonchev–Trinajstić information content (AvgIpc) is 4.20. The van der Waals surface area contributed by atoms with Crippen LogP contribution < -0.4 is 19.3 Å². The summed E-state index contributed by atoms with van der Waals surface area (Å²) < 4.78 is 27.5. The maximum absolute atomic E-state index is 14.2. The Morgan fingerprint density at radius 3 is 1.84 bits per heavy atom. The van der Waals surface area contributed by atoms with Gasteiger partial charge in [0, 0.05) is 69.0 Å². The quantitative estimate of drug-likeness (QED) is 0.121. The van der Waals surface area contributed by atoms with E-state index in [4.69, 9.17) is 29.4 Å². The number of carbonyl (C=O) groups is 2. The van der Waals surface area contributed by atoms with Gasteiger partial charge >= 0.3 is 12.0 Å². The van der Waals surface area contributed by atoms with Crippen molar-refractivity contribution < 1.29 is 23.5 Å². The molecule has 0 N–H and O–H groups in total. The van der Waals surface area contributed by atoms with Crippen molar-refractivity contribution in [1.82, 2.24) is 39.5 Å². The lowest BCUT2D eigenvalue weighted by Crippen LogP contribution is -2.55. The summed E-state index contributed by atoms with van der Waals surface area (Å²) in [6.07, 6.45) is 16.5. The van der Waals surface area contributed by atoms with Gasteiger partial charge in [-0.25, -0.2) is 4.39 Å². The Balaban J connectivity index is 0.762. The summed E-state index contributed by atoms with van der Waals surface area (Å²) in [7, 11) is 4.36. The van der Waals surface area contributed by atoms with Crippen molar-refractivity contribution in [3.05, 3.63) is 118 Å². The largest absolute Gasteiger partial charge is 0.462 e. The smallest absolute Gasteiger partial charge is 0.318 e. The van der Waals surface area contributed by atoms with Crippen LogP contribution in [-0.2, 0) is 61.0 Å². The van der Waals surface area contributed by atoms with E-state index in [0.717, 1.165) is 138 Å². The zero-order valence-electron chi connectivity index (χ0n) is 47.4. The number of amides is 2. The third-order valence-electron chi connectivity index (χ3n) is 20.2. The fourth-order valence-electron chi connectivity index (χ4n) is 15.6. The maximum atomic E-state index is 14.2. The topological polar surface area (TPSA) is 171 Å². The number of carbonyl (C=O) groups excluding carboxylic acids is 2. The van der Waals surface area contributed by atoms with Crippen LogP contribution in [0.5, 0.6) is 12.0 Å². The van der Waals surface area contributed by atoms with Crippen molar-refractivity contribution in [1.29, 1.82) is 10.5 Å². The van der Waals surface area contributed by atoms with Gasteiger partial charge in [0.1, 0.15) is 24.8 Å². The van der Waals surface area contributed by atoms with Crippen molar-refractivity contribution >= 4 is 23.5 Å². The van der Waals surface area contributed by atoms with E-state index in [9.17, 15) is 24.5 Å². The number of likely N-dealkylation sites (tertiary alicyclic amines) is 2. The molecule has 7 atom stereocenters. The van der Waals surface area contributed by atoms with Gasteiger partial charge < -0.3 is 34.0 Å². The van der Waals surface area contributed by atoms with Gasteiger partial charge in [0.15, 0.2) is 5.83 Å². The Bertz CT molecular complexity index is 3190. The highest BCUT2D eigenvalue weighted by molar-refractivity contribution is 5.91. The van der Waals surface area contributed by atoms with E-state index < -0.39 is 17.8 Å². The highest BCUT2D eigenvalue weighted by Crippen LogP contribution is 2.50. The summed E-state index contributed by atoms with van der Waals surface area (Å²) in [5.74, 6) is 0.114. The van der Waals surface area contributed by atoms with E-state index in [1.165, 1.54) is 44.4 Å². The number of nitrogens with zero attached hydrogens (tertiary/aromatic N) is 12. The monoisotopic (exact) mass is 1100 g/mol. The number of likely N-dealkylation sites (N-methyl/N-ethyl adjacent to an activating group) is 2. The van der Waals surface area contributed by atoms with E-state index in [2.05, 4.69) is 101 Å². The van der Waals surface area contributed by atoms with E-state index in [-0.39, 0.29) is 48.2 Å². The molecule has 424 valence electrons. The van der Waals surface area contributed by atoms with Gasteiger partial charge in [-0.2, -0.15) is 30.5 Å². The minimum Gasteiger partial charge on any atom is -0.462 e. The molecular weight excluding hydrogens is 1020 g/mol. The summed E-state index contributed by atoms with van der Waals surface area (Å²) in [5, 5.41) is 19.6. The Hall–Kier alpha value is -6.95. The van der Waals surface area contributed by atoms with E-state index in [0.29, 0.717) is 69.9 Å². The second kappa shape index (κ2) is 22.8. The van der Waals surface area contributed by atoms with Crippen molar-refractivity contribution in [3.8, 4) is 24.2 Å². The van der Waals surface area contributed by atoms with Gasteiger partial charge in [-0.1, -0.05) is 55.6 Å². The molecule has 4 saturated heterocycles. The molecular formula is C64H77FN12O4. The molecule has 0 radical (unpaired) electrons. The van der Waals surface area contributed by atoms with Crippen LogP contribution in [0.1, 0.15) is 114 Å². The van der Waals surface area contributed by atoms with Crippen molar-refractivity contribution in [2.45, 2.75) is 139 Å². The minimum absolute atomic E-state index is 0.0500. The van der Waals surface area contributed by atoms with Gasteiger partial charge in [-0.3, -0.25) is 14.5 Å². The first kappa shape index (κ1) is 54.6. The second-order valence-electron chi connectivity index (χ2n) is 25.0. The van der Waals surface area contributed by atoms with Crippen molar-refractivity contribution in [3.63, 3.8) is 0 Å². The number of fused-ring (bicyclic) bond motifs is 4. The number of nitriles is 2. The molecule has 81 heavy (non-hydrogen) atoms. The number of piperazine rings is 2. The summed E-state index contributed by atoms with van der Waals surface area (Å²) in [4.78, 5) is 59.1. The molecule has 2 amide bonds. The molecule has 0 bridgehead atoms. The van der Waals surface area contributed by atoms with Gasteiger partial charge in [0.05, 0.1) is 48.5 Å². The molecule has 1 unspecified atom stereocenters. The number of aryl methyl sites for hydroxylation is 1. The molecule has 4 aliphatic heterocycles. The zero-order valence-corrected chi connectivity index (χ0v) is 47.4. The van der Waals surface area contributed by atoms with Gasteiger partial charge in [0.2, 0.25) is 5.91 Å². The molecule has 6 heterocycles. The Morgan fingerprint density at radius 1 is 0.667 bits per heavy atom. The van der Waals surface area contributed by atoms with Crippen LogP contribution in [-0.4, -0.2) is 155 Å². The standard InChI is InChI=1S/C64H77FN12O4/c1-5-57(78)76-30-28-74(38-47(76)19-25-66)58-54-18-24-64(36-56(54)68-61(70-58)80-40-49-13-9-27-72(49)3)22-16-52-45(34-64)12-8-14-51(52)46-32-50(73(4)37-46)41-81-62-69-55-35-63(21-15-43-10-6-7-11-44(43)33-63)23-17-53(55)59(71-62)75-29-31-77(60(79)42(2)65)48(39-75)20-26-67/h5-8,10-12,14,46-50H,1-2,9,13,15-24,27-41H2,3-4H3/t46?,47-,48-,49-,50-,63+,64+/m0/s1. The summed E-state index contributed by atoms with van der Waals surface area (Å²) in [6, 6.07) is 20.8.